The molecule has 5 heteroatoms. The summed E-state index contributed by atoms with van der Waals surface area (Å²) in [5.74, 6) is 0. The Balaban J connectivity index is 1.50. The Hall–Kier alpha value is -2.02. The lowest BCUT2D eigenvalue weighted by Crippen LogP contribution is -2.57. The van der Waals surface area contributed by atoms with Gasteiger partial charge in [0.25, 0.3) is 0 Å². The highest BCUT2D eigenvalue weighted by Crippen LogP contribution is 2.32. The summed E-state index contributed by atoms with van der Waals surface area (Å²) in [6, 6.07) is 30.5. The molecule has 1 aliphatic heterocycles. The molecule has 0 bridgehead atoms. The molecule has 0 radical (unpaired) electrons. The van der Waals surface area contributed by atoms with Gasteiger partial charge in [0.15, 0.2) is 0 Å². The van der Waals surface area contributed by atoms with Gasteiger partial charge in [0, 0.05) is 0 Å². The number of hydrogen-bond acceptors (Lipinski definition) is 4. The van der Waals surface area contributed by atoms with Crippen molar-refractivity contribution in [2.75, 3.05) is 0 Å². The van der Waals surface area contributed by atoms with Crippen LogP contribution in [0.2, 0.25) is 0 Å². The van der Waals surface area contributed by atoms with Crippen LogP contribution < -0.4 is 0 Å². The molecule has 4 rings (SSSR count). The van der Waals surface area contributed by atoms with E-state index in [1.165, 1.54) is 0 Å². The molecule has 1 fully saturated rings. The Kier molecular flexibility index (Phi) is 8.49. The largest absolute Gasteiger partial charge is 0.368 e. The third-order valence-corrected chi connectivity index (χ3v) is 6.31. The van der Waals surface area contributed by atoms with Crippen LogP contribution in [0.4, 0.5) is 0 Å². The number of rotatable bonds is 9. The number of alkyl halides is 1. The summed E-state index contributed by atoms with van der Waals surface area (Å²) in [6.45, 7) is 3.47. The van der Waals surface area contributed by atoms with Gasteiger partial charge >= 0.3 is 0 Å². The van der Waals surface area contributed by atoms with Crippen molar-refractivity contribution in [2.24, 2.45) is 0 Å². The van der Waals surface area contributed by atoms with E-state index < -0.39 is 0 Å². The Labute approximate surface area is 198 Å². The maximum Gasteiger partial charge on any atom is 0.141 e. The van der Waals surface area contributed by atoms with Crippen LogP contribution in [-0.2, 0) is 38.8 Å². The standard InChI is InChI=1S/C27H29BrO4/c1-20-24(29-17-21-11-5-2-6-12-21)25(30-18-22-13-7-3-8-14-22)26(27(28)32-20)31-19-23-15-9-4-10-16-23/h2-16,20,24-27H,17-19H2,1H3. The quantitative estimate of drug-likeness (QED) is 0.346. The van der Waals surface area contributed by atoms with Gasteiger partial charge in [-0.1, -0.05) is 107 Å². The van der Waals surface area contributed by atoms with Crippen molar-refractivity contribution < 1.29 is 18.9 Å². The minimum Gasteiger partial charge on any atom is -0.368 e. The van der Waals surface area contributed by atoms with Crippen LogP contribution in [0.25, 0.3) is 0 Å². The molecule has 32 heavy (non-hydrogen) atoms. The molecule has 0 N–H and O–H groups in total. The van der Waals surface area contributed by atoms with Crippen LogP contribution in [-0.4, -0.2) is 29.4 Å². The van der Waals surface area contributed by atoms with Gasteiger partial charge in [-0.15, -0.1) is 0 Å². The number of hydrogen-bond donors (Lipinski definition) is 0. The van der Waals surface area contributed by atoms with E-state index in [9.17, 15) is 0 Å². The second-order valence-corrected chi connectivity index (χ2v) is 8.88. The average molecular weight is 497 g/mol. The van der Waals surface area contributed by atoms with E-state index in [2.05, 4.69) is 52.3 Å². The topological polar surface area (TPSA) is 36.9 Å². The van der Waals surface area contributed by atoms with Gasteiger partial charge in [0.05, 0.1) is 25.9 Å². The summed E-state index contributed by atoms with van der Waals surface area (Å²) in [5, 5.41) is -0.293. The first-order chi connectivity index (χ1) is 15.7. The minimum absolute atomic E-state index is 0.152. The Bertz CT molecular complexity index is 867. The third kappa shape index (κ3) is 6.27. The average Bonchev–Trinajstić information content (AvgIpc) is 2.83. The van der Waals surface area contributed by atoms with Gasteiger partial charge in [-0.3, -0.25) is 0 Å². The van der Waals surface area contributed by atoms with E-state index in [-0.39, 0.29) is 29.4 Å². The zero-order valence-electron chi connectivity index (χ0n) is 18.2. The molecular weight excluding hydrogens is 468 g/mol. The summed E-state index contributed by atoms with van der Waals surface area (Å²) in [4.78, 5) is 0. The van der Waals surface area contributed by atoms with Crippen LogP contribution >= 0.6 is 15.9 Å². The van der Waals surface area contributed by atoms with Gasteiger partial charge in [0.1, 0.15) is 23.3 Å². The zero-order valence-corrected chi connectivity index (χ0v) is 19.8. The predicted octanol–water partition coefficient (Wildman–Crippen LogP) is 5.88. The summed E-state index contributed by atoms with van der Waals surface area (Å²) in [5.41, 5.74) is 3.33. The summed E-state index contributed by atoms with van der Waals surface area (Å²) >= 11 is 3.68. The summed E-state index contributed by atoms with van der Waals surface area (Å²) in [7, 11) is 0. The molecule has 1 saturated heterocycles. The van der Waals surface area contributed by atoms with Gasteiger partial charge in [-0.05, 0) is 23.6 Å². The molecule has 0 spiro atoms. The molecule has 0 amide bonds. The second kappa shape index (κ2) is 11.7. The van der Waals surface area contributed by atoms with E-state index in [1.54, 1.807) is 0 Å². The molecule has 0 aromatic heterocycles. The molecule has 4 nitrogen and oxygen atoms in total. The maximum absolute atomic E-state index is 6.45. The Morgan fingerprint density at radius 2 is 0.969 bits per heavy atom. The van der Waals surface area contributed by atoms with Crippen molar-refractivity contribution in [3.63, 3.8) is 0 Å². The van der Waals surface area contributed by atoms with Crippen molar-refractivity contribution in [1.29, 1.82) is 0 Å². The SMILES string of the molecule is CC1OC(Br)C(OCc2ccccc2)C(OCc2ccccc2)C1OCc1ccccc1. The van der Waals surface area contributed by atoms with Crippen LogP contribution in [0.1, 0.15) is 23.6 Å². The molecule has 0 saturated carbocycles. The van der Waals surface area contributed by atoms with Crippen molar-refractivity contribution in [3.05, 3.63) is 108 Å². The Morgan fingerprint density at radius 3 is 1.41 bits per heavy atom. The Morgan fingerprint density at radius 1 is 0.594 bits per heavy atom. The first-order valence-electron chi connectivity index (χ1n) is 11.0. The van der Waals surface area contributed by atoms with Crippen LogP contribution in [0.5, 0.6) is 0 Å². The van der Waals surface area contributed by atoms with Crippen LogP contribution in [0, 0.1) is 0 Å². The molecule has 3 aromatic rings. The van der Waals surface area contributed by atoms with Gasteiger partial charge in [-0.25, -0.2) is 0 Å². The van der Waals surface area contributed by atoms with Crippen LogP contribution in [0.3, 0.4) is 0 Å². The highest BCUT2D eigenvalue weighted by Gasteiger charge is 2.45. The lowest BCUT2D eigenvalue weighted by atomic mass is 10.00. The van der Waals surface area contributed by atoms with E-state index in [0.717, 1.165) is 16.7 Å². The van der Waals surface area contributed by atoms with Gasteiger partial charge in [-0.2, -0.15) is 0 Å². The first-order valence-corrected chi connectivity index (χ1v) is 11.9. The highest BCUT2D eigenvalue weighted by atomic mass is 79.9. The smallest absolute Gasteiger partial charge is 0.141 e. The van der Waals surface area contributed by atoms with E-state index in [4.69, 9.17) is 18.9 Å². The lowest BCUT2D eigenvalue weighted by molar-refractivity contribution is -0.241. The number of halogens is 1. The normalized spacial score (nSPS) is 25.5. The summed E-state index contributed by atoms with van der Waals surface area (Å²) in [6.07, 6.45) is -1.04. The van der Waals surface area contributed by atoms with Crippen molar-refractivity contribution in [1.82, 2.24) is 0 Å². The van der Waals surface area contributed by atoms with Gasteiger partial charge in [0.2, 0.25) is 0 Å². The molecule has 1 aliphatic rings. The molecule has 0 aliphatic carbocycles. The second-order valence-electron chi connectivity index (χ2n) is 7.98. The van der Waals surface area contributed by atoms with E-state index in [1.807, 2.05) is 61.5 Å². The third-order valence-electron chi connectivity index (χ3n) is 5.57. The number of benzene rings is 3. The molecule has 3 aromatic carbocycles. The fourth-order valence-corrected chi connectivity index (χ4v) is 4.65. The van der Waals surface area contributed by atoms with E-state index in [0.29, 0.717) is 19.8 Å². The number of ether oxygens (including phenoxy) is 4. The van der Waals surface area contributed by atoms with Crippen molar-refractivity contribution in [3.8, 4) is 0 Å². The molecule has 1 heterocycles. The monoisotopic (exact) mass is 496 g/mol. The molecule has 5 unspecified atom stereocenters. The van der Waals surface area contributed by atoms with Crippen molar-refractivity contribution in [2.45, 2.75) is 56.2 Å². The fourth-order valence-electron chi connectivity index (χ4n) is 3.85. The maximum atomic E-state index is 6.45. The lowest BCUT2D eigenvalue weighted by Gasteiger charge is -2.43. The molecular formula is C27H29BrO4. The zero-order chi connectivity index (χ0) is 22.2. The minimum atomic E-state index is -0.323. The predicted molar refractivity (Wildman–Crippen MR) is 128 cm³/mol. The molecule has 5 atom stereocenters. The summed E-state index contributed by atoms with van der Waals surface area (Å²) < 4.78 is 25.3. The van der Waals surface area contributed by atoms with Crippen LogP contribution in [0.15, 0.2) is 91.0 Å². The highest BCUT2D eigenvalue weighted by molar-refractivity contribution is 9.09. The van der Waals surface area contributed by atoms with Gasteiger partial charge < -0.3 is 18.9 Å². The van der Waals surface area contributed by atoms with Crippen molar-refractivity contribution >= 4 is 15.9 Å². The molecule has 168 valence electrons. The first kappa shape index (κ1) is 23.1. The van der Waals surface area contributed by atoms with E-state index >= 15 is 0 Å². The fraction of sp³-hybridized carbons (Fsp3) is 0.333.